The van der Waals surface area contributed by atoms with Crippen molar-refractivity contribution in [2.75, 3.05) is 12.4 Å². The monoisotopic (exact) mass is 302 g/mol. The lowest BCUT2D eigenvalue weighted by Gasteiger charge is -2.07. The number of thiazole rings is 1. The van der Waals surface area contributed by atoms with E-state index in [-0.39, 0.29) is 0 Å². The van der Waals surface area contributed by atoms with E-state index in [1.54, 1.807) is 18.4 Å². The summed E-state index contributed by atoms with van der Waals surface area (Å²) in [6, 6.07) is 14.3. The van der Waals surface area contributed by atoms with E-state index in [0.717, 1.165) is 27.5 Å². The van der Waals surface area contributed by atoms with Gasteiger partial charge >= 0.3 is 0 Å². The number of nitrogens with one attached hydrogen (secondary N) is 2. The van der Waals surface area contributed by atoms with E-state index in [9.17, 15) is 0 Å². The van der Waals surface area contributed by atoms with Crippen molar-refractivity contribution in [3.8, 4) is 5.75 Å². The summed E-state index contributed by atoms with van der Waals surface area (Å²) in [5.41, 5.74) is 3.40. The average molecular weight is 302 g/mol. The van der Waals surface area contributed by atoms with Crippen LogP contribution < -0.4 is 10.1 Å². The molecule has 0 unspecified atom stereocenters. The predicted octanol–water partition coefficient (Wildman–Crippen LogP) is 4.58. The molecule has 2 N–H and O–H groups in total. The van der Waals surface area contributed by atoms with Crippen molar-refractivity contribution in [3.05, 3.63) is 52.0 Å². The van der Waals surface area contributed by atoms with Crippen LogP contribution in [-0.2, 0) is 6.54 Å². The van der Waals surface area contributed by atoms with Gasteiger partial charge in [0, 0.05) is 12.2 Å². The number of ether oxygens (including phenoxy) is 1. The maximum Gasteiger partial charge on any atom is 0.159 e. The van der Waals surface area contributed by atoms with Crippen LogP contribution in [0.25, 0.3) is 10.2 Å². The van der Waals surface area contributed by atoms with Gasteiger partial charge in [0.05, 0.1) is 17.3 Å². The van der Waals surface area contributed by atoms with Crippen LogP contribution in [0.5, 0.6) is 5.75 Å². The standard InChI is InChI=1S/C15H14N2OS2/c1-18-12-5-3-11(4-6-12)16-9-10-2-7-14-13(8-10)17-15(19)20-14/h2-8,16H,9H2,1H3,(H,17,19). The zero-order valence-electron chi connectivity index (χ0n) is 11.0. The molecule has 3 nitrogen and oxygen atoms in total. The number of H-pyrrole nitrogens is 1. The smallest absolute Gasteiger partial charge is 0.159 e. The first-order chi connectivity index (χ1) is 9.74. The molecule has 0 spiro atoms. The Bertz CT molecular complexity index is 774. The summed E-state index contributed by atoms with van der Waals surface area (Å²) in [6.45, 7) is 0.777. The fraction of sp³-hybridized carbons (Fsp3) is 0.133. The minimum atomic E-state index is 0.777. The molecule has 0 radical (unpaired) electrons. The van der Waals surface area contributed by atoms with Crippen LogP contribution in [0.2, 0.25) is 0 Å². The van der Waals surface area contributed by atoms with Gasteiger partial charge in [-0.2, -0.15) is 0 Å². The highest BCUT2D eigenvalue weighted by Gasteiger charge is 2.00. The number of methoxy groups -OCH3 is 1. The molecule has 0 amide bonds. The van der Waals surface area contributed by atoms with Gasteiger partial charge in [-0.3, -0.25) is 0 Å². The molecule has 0 aliphatic carbocycles. The molecule has 5 heteroatoms. The Labute approximate surface area is 126 Å². The third-order valence-electron chi connectivity index (χ3n) is 3.07. The third kappa shape index (κ3) is 2.84. The average Bonchev–Trinajstić information content (AvgIpc) is 2.85. The van der Waals surface area contributed by atoms with Crippen LogP contribution >= 0.6 is 23.6 Å². The molecule has 0 bridgehead atoms. The fourth-order valence-electron chi connectivity index (χ4n) is 2.02. The molecule has 1 heterocycles. The molecular weight excluding hydrogens is 288 g/mol. The first kappa shape index (κ1) is 13.1. The third-order valence-corrected chi connectivity index (χ3v) is 4.29. The molecule has 0 fully saturated rings. The van der Waals surface area contributed by atoms with E-state index in [2.05, 4.69) is 28.5 Å². The van der Waals surface area contributed by atoms with Gasteiger partial charge in [0.2, 0.25) is 0 Å². The second-order valence-corrected chi connectivity index (χ2v) is 6.15. The van der Waals surface area contributed by atoms with Gasteiger partial charge in [0.25, 0.3) is 0 Å². The van der Waals surface area contributed by atoms with Crippen molar-refractivity contribution in [2.24, 2.45) is 0 Å². The Morgan fingerprint density at radius 2 is 2.00 bits per heavy atom. The molecule has 2 aromatic carbocycles. The number of hydrogen-bond acceptors (Lipinski definition) is 4. The van der Waals surface area contributed by atoms with Gasteiger partial charge in [0.1, 0.15) is 5.75 Å². The Morgan fingerprint density at radius 3 is 2.75 bits per heavy atom. The predicted molar refractivity (Wildman–Crippen MR) is 87.3 cm³/mol. The van der Waals surface area contributed by atoms with Crippen LogP contribution in [0, 0.1) is 3.95 Å². The van der Waals surface area contributed by atoms with Crippen LogP contribution in [0.3, 0.4) is 0 Å². The highest BCUT2D eigenvalue weighted by atomic mass is 32.1. The zero-order chi connectivity index (χ0) is 13.9. The molecule has 1 aromatic heterocycles. The quantitative estimate of drug-likeness (QED) is 0.693. The van der Waals surface area contributed by atoms with Crippen LogP contribution in [0.4, 0.5) is 5.69 Å². The van der Waals surface area contributed by atoms with Crippen molar-refractivity contribution < 1.29 is 4.74 Å². The lowest BCUT2D eigenvalue weighted by molar-refractivity contribution is 0.415. The summed E-state index contributed by atoms with van der Waals surface area (Å²) in [7, 11) is 1.67. The Morgan fingerprint density at radius 1 is 1.20 bits per heavy atom. The highest BCUT2D eigenvalue weighted by molar-refractivity contribution is 7.73. The largest absolute Gasteiger partial charge is 0.497 e. The maximum absolute atomic E-state index is 5.16. The molecule has 0 aliphatic heterocycles. The molecule has 0 saturated heterocycles. The van der Waals surface area contributed by atoms with Crippen LogP contribution in [0.15, 0.2) is 42.5 Å². The minimum Gasteiger partial charge on any atom is -0.497 e. The Kier molecular flexibility index (Phi) is 3.71. The molecular formula is C15H14N2OS2. The van der Waals surface area contributed by atoms with E-state index in [4.69, 9.17) is 17.0 Å². The number of aromatic amines is 1. The lowest BCUT2D eigenvalue weighted by Crippen LogP contribution is -1.99. The zero-order valence-corrected chi connectivity index (χ0v) is 12.6. The number of rotatable bonds is 4. The van der Waals surface area contributed by atoms with E-state index >= 15 is 0 Å². The molecule has 20 heavy (non-hydrogen) atoms. The molecule has 102 valence electrons. The summed E-state index contributed by atoms with van der Waals surface area (Å²) in [6.07, 6.45) is 0. The lowest BCUT2D eigenvalue weighted by atomic mass is 10.2. The summed E-state index contributed by atoms with van der Waals surface area (Å²) in [5, 5.41) is 3.39. The van der Waals surface area contributed by atoms with Gasteiger partial charge < -0.3 is 15.0 Å². The first-order valence-electron chi connectivity index (χ1n) is 6.24. The Hall–Kier alpha value is -1.85. The van der Waals surface area contributed by atoms with Crippen molar-refractivity contribution in [2.45, 2.75) is 6.54 Å². The van der Waals surface area contributed by atoms with Gasteiger partial charge in [-0.05, 0) is 54.2 Å². The van der Waals surface area contributed by atoms with Gasteiger partial charge in [0.15, 0.2) is 3.95 Å². The van der Waals surface area contributed by atoms with E-state index in [0.29, 0.717) is 0 Å². The molecule has 3 rings (SSSR count). The Balaban J connectivity index is 1.73. The molecule has 0 saturated carbocycles. The topological polar surface area (TPSA) is 37.0 Å². The number of aromatic nitrogens is 1. The number of benzene rings is 2. The van der Waals surface area contributed by atoms with E-state index in [1.165, 1.54) is 10.3 Å². The normalized spacial score (nSPS) is 10.7. The summed E-state index contributed by atoms with van der Waals surface area (Å²) in [5.74, 6) is 0.864. The van der Waals surface area contributed by atoms with Crippen molar-refractivity contribution in [3.63, 3.8) is 0 Å². The first-order valence-corrected chi connectivity index (χ1v) is 7.47. The number of anilines is 1. The van der Waals surface area contributed by atoms with E-state index < -0.39 is 0 Å². The fourth-order valence-corrected chi connectivity index (χ4v) is 3.12. The summed E-state index contributed by atoms with van der Waals surface area (Å²) >= 11 is 6.76. The van der Waals surface area contributed by atoms with Gasteiger partial charge in [-0.15, -0.1) is 11.3 Å². The summed E-state index contributed by atoms with van der Waals surface area (Å²) in [4.78, 5) is 3.20. The van der Waals surface area contributed by atoms with Crippen LogP contribution in [-0.4, -0.2) is 12.1 Å². The number of fused-ring (bicyclic) bond motifs is 1. The van der Waals surface area contributed by atoms with E-state index in [1.807, 2.05) is 24.3 Å². The highest BCUT2D eigenvalue weighted by Crippen LogP contribution is 2.21. The van der Waals surface area contributed by atoms with Crippen molar-refractivity contribution >= 4 is 39.5 Å². The van der Waals surface area contributed by atoms with Crippen molar-refractivity contribution in [1.82, 2.24) is 4.98 Å². The van der Waals surface area contributed by atoms with Gasteiger partial charge in [-0.1, -0.05) is 6.07 Å². The summed E-state index contributed by atoms with van der Waals surface area (Å²) < 4.78 is 7.16. The molecule has 3 aromatic rings. The van der Waals surface area contributed by atoms with Gasteiger partial charge in [-0.25, -0.2) is 0 Å². The minimum absolute atomic E-state index is 0.777. The molecule has 0 aliphatic rings. The second kappa shape index (κ2) is 5.64. The van der Waals surface area contributed by atoms with Crippen LogP contribution in [0.1, 0.15) is 5.56 Å². The second-order valence-electron chi connectivity index (χ2n) is 4.43. The van der Waals surface area contributed by atoms with Crippen molar-refractivity contribution in [1.29, 1.82) is 0 Å². The molecule has 0 atom stereocenters. The maximum atomic E-state index is 5.16. The number of hydrogen-bond donors (Lipinski definition) is 2. The SMILES string of the molecule is COc1ccc(NCc2ccc3sc(=S)[nH]c3c2)cc1.